The minimum absolute atomic E-state index is 0. The van der Waals surface area contributed by atoms with E-state index in [2.05, 4.69) is 15.6 Å². The molecule has 226 valence electrons. The van der Waals surface area contributed by atoms with Crippen molar-refractivity contribution in [1.82, 2.24) is 4.98 Å². The first-order valence-electron chi connectivity index (χ1n) is 13.4. The molecule has 2 amide bonds. The number of hydrogen-bond donors (Lipinski definition) is 3. The topological polar surface area (TPSA) is 136 Å². The number of hydrogen-bond acceptors (Lipinski definition) is 7. The van der Waals surface area contributed by atoms with E-state index in [1.54, 1.807) is 25.1 Å². The van der Waals surface area contributed by atoms with Crippen LogP contribution in [-0.4, -0.2) is 78.8 Å². The van der Waals surface area contributed by atoms with Crippen LogP contribution in [0.5, 0.6) is 23.0 Å². The number of carboxylic acid groups (broad SMARTS) is 1. The summed E-state index contributed by atoms with van der Waals surface area (Å²) in [5.74, 6) is -2.52. The summed E-state index contributed by atoms with van der Waals surface area (Å²) in [5.41, 5.74) is -0.358. The number of aromatic nitrogens is 1. The molecule has 0 saturated heterocycles. The number of fused-ring (bicyclic) bond motifs is 1. The van der Waals surface area contributed by atoms with Gasteiger partial charge < -0.3 is 30.0 Å². The SMILES string of the molecule is CCOc1cc2c(Oc3ccc(NC(=O)C4(C(=O)Nc5ccc(F)cc5)CC4)cc3F)ccnc2cc1OCCC(=O)O.[CaH2]. The summed E-state index contributed by atoms with van der Waals surface area (Å²) < 4.78 is 45.4. The van der Waals surface area contributed by atoms with Crippen LogP contribution >= 0.6 is 0 Å². The van der Waals surface area contributed by atoms with Crippen LogP contribution < -0.4 is 24.8 Å². The minimum atomic E-state index is -1.30. The number of benzene rings is 3. The van der Waals surface area contributed by atoms with E-state index >= 15 is 4.39 Å². The van der Waals surface area contributed by atoms with Gasteiger partial charge >= 0.3 is 43.7 Å². The van der Waals surface area contributed by atoms with Gasteiger partial charge in [-0.2, -0.15) is 0 Å². The Kier molecular flexibility index (Phi) is 10.6. The molecule has 3 N–H and O–H groups in total. The molecule has 0 bridgehead atoms. The van der Waals surface area contributed by atoms with E-state index in [9.17, 15) is 18.8 Å². The molecule has 1 aliphatic carbocycles. The first-order valence-corrected chi connectivity index (χ1v) is 13.4. The number of pyridine rings is 1. The molecule has 3 aromatic carbocycles. The van der Waals surface area contributed by atoms with Crippen LogP contribution in [0.1, 0.15) is 26.2 Å². The third kappa shape index (κ3) is 7.55. The van der Waals surface area contributed by atoms with Crippen LogP contribution in [0.4, 0.5) is 20.2 Å². The van der Waals surface area contributed by atoms with E-state index in [-0.39, 0.29) is 68.0 Å². The van der Waals surface area contributed by atoms with Gasteiger partial charge in [-0.3, -0.25) is 19.4 Å². The van der Waals surface area contributed by atoms with Gasteiger partial charge in [-0.05, 0) is 68.3 Å². The Balaban J connectivity index is 0.00000442. The van der Waals surface area contributed by atoms with E-state index in [0.717, 1.165) is 6.07 Å². The Labute approximate surface area is 280 Å². The monoisotopic (exact) mass is 633 g/mol. The van der Waals surface area contributed by atoms with Crippen molar-refractivity contribution in [3.63, 3.8) is 0 Å². The number of nitrogens with zero attached hydrogens (tertiary/aromatic N) is 1. The molecule has 0 aliphatic heterocycles. The number of anilines is 2. The van der Waals surface area contributed by atoms with Crippen molar-refractivity contribution in [1.29, 1.82) is 0 Å². The van der Waals surface area contributed by atoms with Gasteiger partial charge in [0.05, 0.1) is 25.2 Å². The number of carboxylic acids is 1. The van der Waals surface area contributed by atoms with Gasteiger partial charge in [-0.25, -0.2) is 8.78 Å². The predicted molar refractivity (Wildman–Crippen MR) is 161 cm³/mol. The number of nitrogens with one attached hydrogen (secondary N) is 2. The second-order valence-corrected chi connectivity index (χ2v) is 9.79. The van der Waals surface area contributed by atoms with Crippen LogP contribution in [-0.2, 0) is 14.4 Å². The Morgan fingerprint density at radius 2 is 1.52 bits per heavy atom. The summed E-state index contributed by atoms with van der Waals surface area (Å²) in [6, 6.07) is 13.8. The molecule has 0 spiro atoms. The zero-order valence-corrected chi connectivity index (χ0v) is 23.0. The molecule has 1 aliphatic rings. The van der Waals surface area contributed by atoms with E-state index in [0.29, 0.717) is 47.5 Å². The van der Waals surface area contributed by atoms with Crippen molar-refractivity contribution in [2.75, 3.05) is 23.8 Å². The maximum atomic E-state index is 15.2. The molecule has 0 atom stereocenters. The van der Waals surface area contributed by atoms with Crippen LogP contribution in [0.3, 0.4) is 0 Å². The van der Waals surface area contributed by atoms with Crippen LogP contribution in [0.2, 0.25) is 0 Å². The van der Waals surface area contributed by atoms with E-state index in [4.69, 9.17) is 19.3 Å². The summed E-state index contributed by atoms with van der Waals surface area (Å²) in [7, 11) is 0. The van der Waals surface area contributed by atoms with E-state index < -0.39 is 34.8 Å². The summed E-state index contributed by atoms with van der Waals surface area (Å²) in [6.45, 7) is 2.03. The molecule has 1 aromatic heterocycles. The van der Waals surface area contributed by atoms with E-state index in [1.807, 2.05) is 0 Å². The fourth-order valence-electron chi connectivity index (χ4n) is 4.34. The molecular formula is C31H29CaF2N3O7. The summed E-state index contributed by atoms with van der Waals surface area (Å²) in [5, 5.41) is 14.6. The predicted octanol–water partition coefficient (Wildman–Crippen LogP) is 5.00. The number of ether oxygens (including phenoxy) is 3. The van der Waals surface area contributed by atoms with Crippen molar-refractivity contribution in [2.24, 2.45) is 5.41 Å². The Hall–Kier alpha value is -4.00. The van der Waals surface area contributed by atoms with Crippen molar-refractivity contribution in [3.05, 3.63) is 78.5 Å². The molecule has 0 radical (unpaired) electrons. The van der Waals surface area contributed by atoms with Crippen LogP contribution in [0.25, 0.3) is 10.9 Å². The summed E-state index contributed by atoms with van der Waals surface area (Å²) >= 11 is 0. The zero-order chi connectivity index (χ0) is 30.6. The zero-order valence-electron chi connectivity index (χ0n) is 23.0. The van der Waals surface area contributed by atoms with Crippen LogP contribution in [0, 0.1) is 17.0 Å². The Bertz CT molecular complexity index is 1700. The molecule has 44 heavy (non-hydrogen) atoms. The van der Waals surface area contributed by atoms with Gasteiger partial charge in [-0.1, -0.05) is 0 Å². The molecule has 5 rings (SSSR count). The Morgan fingerprint density at radius 1 is 0.864 bits per heavy atom. The second-order valence-electron chi connectivity index (χ2n) is 9.79. The molecule has 0 unspecified atom stereocenters. The average molecular weight is 634 g/mol. The third-order valence-electron chi connectivity index (χ3n) is 6.77. The molecule has 1 heterocycles. The molecular weight excluding hydrogens is 604 g/mol. The number of amides is 2. The second kappa shape index (κ2) is 14.2. The number of aliphatic carboxylic acids is 1. The summed E-state index contributed by atoms with van der Waals surface area (Å²) in [6.07, 6.45) is 1.92. The first-order chi connectivity index (χ1) is 20.7. The normalized spacial score (nSPS) is 12.9. The van der Waals surface area contributed by atoms with Crippen molar-refractivity contribution < 1.29 is 42.5 Å². The van der Waals surface area contributed by atoms with Crippen LogP contribution in [0.15, 0.2) is 66.9 Å². The molecule has 4 aromatic rings. The number of carbonyl (C=O) groups excluding carboxylic acids is 2. The van der Waals surface area contributed by atoms with Gasteiger partial charge in [-0.15, -0.1) is 0 Å². The molecule has 1 saturated carbocycles. The van der Waals surface area contributed by atoms with Gasteiger partial charge in [0.15, 0.2) is 23.1 Å². The van der Waals surface area contributed by atoms with Crippen molar-refractivity contribution >= 4 is 77.8 Å². The maximum absolute atomic E-state index is 15.2. The van der Waals surface area contributed by atoms with Gasteiger partial charge in [0.25, 0.3) is 0 Å². The fourth-order valence-corrected chi connectivity index (χ4v) is 4.34. The average Bonchev–Trinajstić information content (AvgIpc) is 3.79. The van der Waals surface area contributed by atoms with E-state index in [1.165, 1.54) is 42.6 Å². The standard InChI is InChI=1S/C31H27F2N3O7.Ca.2H/c1-2-41-26-16-21-23(17-27(26)42-14-10-28(37)38)34-13-9-24(21)43-25-8-7-20(15-22(25)33)36-30(40)31(11-12-31)29(39)35-19-5-3-18(32)4-6-19;;;/h3-9,13,15-17H,2,10-12,14H2,1H3,(H,35,39)(H,36,40)(H,37,38);;;. The molecule has 1 fully saturated rings. The fraction of sp³-hybridized carbons (Fsp3) is 0.226. The van der Waals surface area contributed by atoms with Crippen molar-refractivity contribution in [2.45, 2.75) is 26.2 Å². The number of rotatable bonds is 12. The number of halogens is 2. The van der Waals surface area contributed by atoms with Gasteiger partial charge in [0.2, 0.25) is 11.8 Å². The molecule has 10 nitrogen and oxygen atoms in total. The van der Waals surface area contributed by atoms with Gasteiger partial charge in [0, 0.05) is 35.1 Å². The van der Waals surface area contributed by atoms with Gasteiger partial charge in [0.1, 0.15) is 17.0 Å². The number of carbonyl (C=O) groups is 3. The third-order valence-corrected chi connectivity index (χ3v) is 6.77. The van der Waals surface area contributed by atoms with Crippen molar-refractivity contribution in [3.8, 4) is 23.0 Å². The molecule has 13 heteroatoms. The quantitative estimate of drug-likeness (QED) is 0.147. The first kappa shape index (κ1) is 32.9. The Morgan fingerprint density at radius 3 is 2.16 bits per heavy atom. The summed E-state index contributed by atoms with van der Waals surface area (Å²) in [4.78, 5) is 41.0.